The molecule has 2 fully saturated rings. The highest BCUT2D eigenvalue weighted by Crippen LogP contribution is 2.33. The van der Waals surface area contributed by atoms with Crippen molar-refractivity contribution in [1.82, 2.24) is 30.1 Å². The maximum absolute atomic E-state index is 14.1. The number of aliphatic hydroxyl groups excluding tert-OH is 1. The number of para-hydroxylation sites is 1. The number of nitrogens with zero attached hydrogens (tertiary/aromatic N) is 5. The molecule has 2 aromatic carbocycles. The summed E-state index contributed by atoms with van der Waals surface area (Å²) in [5.74, 6) is 0.225. The van der Waals surface area contributed by atoms with E-state index in [-0.39, 0.29) is 56.7 Å². The molecule has 4 amide bonds. The Morgan fingerprint density at radius 2 is 2.00 bits per heavy atom. The first-order valence-electron chi connectivity index (χ1n) is 13.6. The van der Waals surface area contributed by atoms with Crippen molar-refractivity contribution in [3.63, 3.8) is 0 Å². The molecule has 41 heavy (non-hydrogen) atoms. The van der Waals surface area contributed by atoms with Gasteiger partial charge in [-0.05, 0) is 43.2 Å². The number of nitrogens with two attached hydrogens (primary N) is 1. The molecule has 0 saturated carbocycles. The van der Waals surface area contributed by atoms with Gasteiger partial charge in [-0.1, -0.05) is 35.6 Å². The van der Waals surface area contributed by atoms with E-state index in [9.17, 15) is 14.4 Å². The van der Waals surface area contributed by atoms with Gasteiger partial charge in [-0.15, -0.1) is 0 Å². The third-order valence-corrected chi connectivity index (χ3v) is 8.20. The quantitative estimate of drug-likeness (QED) is 0.346. The van der Waals surface area contributed by atoms with Gasteiger partial charge in [-0.2, -0.15) is 5.01 Å². The van der Waals surface area contributed by atoms with Gasteiger partial charge < -0.3 is 30.7 Å². The standard InChI is InChI=1S/C28H35N7O5S/c1-17(2)35(28(39)30-3)33-16-24(37)34-21(13-18-7-9-20(10-8-18)40-12-11-36)26(38)32(15-23(33)34)14-19-5-4-6-22-25(19)31-27(29)41-22/h4-10,17,21,23,36H,11-16H2,1-3H3,(H2,29,31)(H,30,39)/t21-,23+/m0/s1. The molecule has 0 radical (unpaired) electrons. The summed E-state index contributed by atoms with van der Waals surface area (Å²) in [6, 6.07) is 11.8. The number of aliphatic hydroxyl groups is 1. The third-order valence-electron chi connectivity index (χ3n) is 7.35. The monoisotopic (exact) mass is 581 g/mol. The average Bonchev–Trinajstić information content (AvgIpc) is 3.49. The Hall–Kier alpha value is -3.94. The lowest BCUT2D eigenvalue weighted by Gasteiger charge is -2.47. The van der Waals surface area contributed by atoms with Gasteiger partial charge in [0.2, 0.25) is 11.8 Å². The van der Waals surface area contributed by atoms with Gasteiger partial charge in [-0.25, -0.2) is 9.78 Å². The Morgan fingerprint density at radius 3 is 2.68 bits per heavy atom. The van der Waals surface area contributed by atoms with E-state index in [2.05, 4.69) is 10.3 Å². The number of rotatable bonds is 9. The number of anilines is 1. The Kier molecular flexibility index (Phi) is 8.29. The van der Waals surface area contributed by atoms with E-state index in [1.807, 2.05) is 44.2 Å². The molecule has 0 bridgehead atoms. The molecule has 1 aromatic heterocycles. The highest BCUT2D eigenvalue weighted by Gasteiger charge is 2.52. The third kappa shape index (κ3) is 5.65. The first-order chi connectivity index (χ1) is 19.7. The van der Waals surface area contributed by atoms with Crippen molar-refractivity contribution in [2.45, 2.75) is 45.1 Å². The normalized spacial score (nSPS) is 19.2. The van der Waals surface area contributed by atoms with Crippen LogP contribution >= 0.6 is 11.3 Å². The second-order valence-corrected chi connectivity index (χ2v) is 11.4. The van der Waals surface area contributed by atoms with E-state index in [0.717, 1.165) is 21.3 Å². The van der Waals surface area contributed by atoms with Crippen LogP contribution in [0.4, 0.5) is 9.93 Å². The summed E-state index contributed by atoms with van der Waals surface area (Å²) in [6.07, 6.45) is -0.238. The van der Waals surface area contributed by atoms with Gasteiger partial charge in [0.15, 0.2) is 5.13 Å². The maximum Gasteiger partial charge on any atom is 0.331 e. The number of carbonyl (C=O) groups is 3. The van der Waals surface area contributed by atoms with E-state index in [1.165, 1.54) is 11.3 Å². The maximum atomic E-state index is 14.1. The largest absolute Gasteiger partial charge is 0.491 e. The van der Waals surface area contributed by atoms with Crippen LogP contribution in [0.5, 0.6) is 5.75 Å². The fraction of sp³-hybridized carbons (Fsp3) is 0.429. The lowest BCUT2D eigenvalue weighted by atomic mass is 9.99. The van der Waals surface area contributed by atoms with Gasteiger partial charge >= 0.3 is 6.03 Å². The number of hydrogen-bond donors (Lipinski definition) is 3. The van der Waals surface area contributed by atoms with Crippen molar-refractivity contribution >= 4 is 44.5 Å². The molecule has 0 aliphatic carbocycles. The molecule has 3 aromatic rings. The number of nitrogens with one attached hydrogen (secondary N) is 1. The lowest BCUT2D eigenvalue weighted by molar-refractivity contribution is -0.158. The first kappa shape index (κ1) is 28.6. The van der Waals surface area contributed by atoms with Crippen LogP contribution in [0.2, 0.25) is 0 Å². The summed E-state index contributed by atoms with van der Waals surface area (Å²) >= 11 is 1.39. The Balaban J connectivity index is 1.49. The molecule has 2 aliphatic heterocycles. The smallest absolute Gasteiger partial charge is 0.331 e. The van der Waals surface area contributed by atoms with Crippen molar-refractivity contribution in [2.24, 2.45) is 0 Å². The molecular formula is C28H35N7O5S. The number of thiazole rings is 1. The predicted molar refractivity (Wildman–Crippen MR) is 155 cm³/mol. The Bertz CT molecular complexity index is 1430. The minimum Gasteiger partial charge on any atom is -0.491 e. The number of fused-ring (bicyclic) bond motifs is 2. The highest BCUT2D eigenvalue weighted by molar-refractivity contribution is 7.22. The fourth-order valence-electron chi connectivity index (χ4n) is 5.59. The zero-order valence-corrected chi connectivity index (χ0v) is 24.1. The van der Waals surface area contributed by atoms with Gasteiger partial charge in [0.1, 0.15) is 24.6 Å². The number of aromatic nitrogens is 1. The van der Waals surface area contributed by atoms with Gasteiger partial charge in [0, 0.05) is 26.1 Å². The van der Waals surface area contributed by atoms with E-state index < -0.39 is 12.2 Å². The molecule has 5 rings (SSSR count). The van der Waals surface area contributed by atoms with Crippen LogP contribution in [0.1, 0.15) is 25.0 Å². The Morgan fingerprint density at radius 1 is 1.24 bits per heavy atom. The number of hydrogen-bond acceptors (Lipinski definition) is 9. The zero-order chi connectivity index (χ0) is 29.3. The van der Waals surface area contributed by atoms with Gasteiger partial charge in [0.05, 0.1) is 29.9 Å². The molecular weight excluding hydrogens is 546 g/mol. The van der Waals surface area contributed by atoms with Crippen molar-refractivity contribution in [3.8, 4) is 5.75 Å². The number of urea groups is 1. The highest BCUT2D eigenvalue weighted by atomic mass is 32.1. The molecule has 0 unspecified atom stereocenters. The minimum atomic E-state index is -0.770. The van der Waals surface area contributed by atoms with Crippen LogP contribution in [0.3, 0.4) is 0 Å². The van der Waals surface area contributed by atoms with Crippen molar-refractivity contribution < 1.29 is 24.2 Å². The Labute approximate surface area is 242 Å². The molecule has 0 spiro atoms. The summed E-state index contributed by atoms with van der Waals surface area (Å²) < 4.78 is 6.41. The number of carbonyl (C=O) groups excluding carboxylic acids is 3. The SMILES string of the molecule is CNC(=O)N(C(C)C)N1CC(=O)N2[C@@H](Cc3ccc(OCCO)cc3)C(=O)N(Cc3cccc4sc(N)nc34)C[C@@H]21. The second kappa shape index (κ2) is 11.9. The molecule has 2 aliphatic rings. The van der Waals surface area contributed by atoms with E-state index >= 15 is 0 Å². The molecule has 218 valence electrons. The number of nitrogen functional groups attached to an aromatic ring is 1. The van der Waals surface area contributed by atoms with Crippen LogP contribution in [0.25, 0.3) is 10.2 Å². The molecule has 3 heterocycles. The number of hydrazine groups is 1. The zero-order valence-electron chi connectivity index (χ0n) is 23.3. The molecule has 4 N–H and O–H groups in total. The van der Waals surface area contributed by atoms with Crippen molar-refractivity contribution in [3.05, 3.63) is 53.6 Å². The van der Waals surface area contributed by atoms with Crippen LogP contribution < -0.4 is 15.8 Å². The minimum absolute atomic E-state index is 0.0139. The van der Waals surface area contributed by atoms with Crippen LogP contribution in [-0.2, 0) is 22.6 Å². The summed E-state index contributed by atoms with van der Waals surface area (Å²) in [4.78, 5) is 48.4. The molecule has 12 nitrogen and oxygen atoms in total. The van der Waals surface area contributed by atoms with Gasteiger partial charge in [0.25, 0.3) is 0 Å². The fourth-order valence-corrected chi connectivity index (χ4v) is 6.37. The van der Waals surface area contributed by atoms with Crippen LogP contribution in [0.15, 0.2) is 42.5 Å². The second-order valence-electron chi connectivity index (χ2n) is 10.3. The van der Waals surface area contributed by atoms with Crippen LogP contribution in [0, 0.1) is 0 Å². The summed E-state index contributed by atoms with van der Waals surface area (Å²) in [6.45, 7) is 4.37. The van der Waals surface area contributed by atoms with E-state index in [1.54, 1.807) is 39.0 Å². The van der Waals surface area contributed by atoms with Crippen LogP contribution in [-0.4, -0.2) is 99.4 Å². The molecule has 2 saturated heterocycles. The number of benzene rings is 2. The van der Waals surface area contributed by atoms with Crippen molar-refractivity contribution in [2.75, 3.05) is 39.1 Å². The number of amides is 4. The van der Waals surface area contributed by atoms with Gasteiger partial charge in [-0.3, -0.25) is 14.6 Å². The molecule has 13 heteroatoms. The number of piperazine rings is 1. The average molecular weight is 582 g/mol. The summed E-state index contributed by atoms with van der Waals surface area (Å²) in [5, 5.41) is 15.5. The summed E-state index contributed by atoms with van der Waals surface area (Å²) in [7, 11) is 1.56. The predicted octanol–water partition coefficient (Wildman–Crippen LogP) is 1.64. The van der Waals surface area contributed by atoms with Crippen molar-refractivity contribution in [1.29, 1.82) is 0 Å². The number of ether oxygens (including phenoxy) is 1. The molecule has 2 atom stereocenters. The van der Waals surface area contributed by atoms with E-state index in [0.29, 0.717) is 17.3 Å². The van der Waals surface area contributed by atoms with E-state index in [4.69, 9.17) is 15.6 Å². The lowest BCUT2D eigenvalue weighted by Crippen LogP contribution is -2.66. The summed E-state index contributed by atoms with van der Waals surface area (Å²) in [5.41, 5.74) is 8.46. The topological polar surface area (TPSA) is 145 Å². The first-order valence-corrected chi connectivity index (χ1v) is 14.4.